The van der Waals surface area contributed by atoms with Crippen molar-refractivity contribution in [3.63, 3.8) is 0 Å². The maximum atomic E-state index is 13.3. The van der Waals surface area contributed by atoms with Gasteiger partial charge in [-0.05, 0) is 36.2 Å². The van der Waals surface area contributed by atoms with Crippen molar-refractivity contribution in [3.05, 3.63) is 59.4 Å². The van der Waals surface area contributed by atoms with Crippen molar-refractivity contribution < 1.29 is 13.9 Å². The van der Waals surface area contributed by atoms with Gasteiger partial charge in [-0.1, -0.05) is 18.2 Å². The first kappa shape index (κ1) is 12.4. The summed E-state index contributed by atoms with van der Waals surface area (Å²) in [5.74, 6) is 1.06. The van der Waals surface area contributed by atoms with Crippen LogP contribution in [-0.4, -0.2) is 7.11 Å². The number of methoxy groups -OCH3 is 1. The molecule has 2 aromatic rings. The van der Waals surface area contributed by atoms with E-state index in [4.69, 9.17) is 9.47 Å². The maximum Gasteiger partial charge on any atom is 0.129 e. The number of hydrogen-bond donors (Lipinski definition) is 0. The molecular formula is C15H15FO2. The van der Waals surface area contributed by atoms with E-state index in [9.17, 15) is 4.39 Å². The van der Waals surface area contributed by atoms with E-state index in [1.807, 2.05) is 24.3 Å². The maximum absolute atomic E-state index is 13.3. The van der Waals surface area contributed by atoms with Gasteiger partial charge >= 0.3 is 0 Å². The van der Waals surface area contributed by atoms with Crippen LogP contribution in [0.3, 0.4) is 0 Å². The Morgan fingerprint density at radius 1 is 1.06 bits per heavy atom. The molecule has 0 aliphatic rings. The van der Waals surface area contributed by atoms with E-state index in [1.54, 1.807) is 26.2 Å². The molecule has 0 bridgehead atoms. The van der Waals surface area contributed by atoms with Gasteiger partial charge in [-0.2, -0.15) is 0 Å². The van der Waals surface area contributed by atoms with E-state index in [-0.39, 0.29) is 5.82 Å². The molecule has 0 amide bonds. The van der Waals surface area contributed by atoms with Gasteiger partial charge in [-0.15, -0.1) is 0 Å². The summed E-state index contributed by atoms with van der Waals surface area (Å²) in [6, 6.07) is 12.5. The second-order valence-electron chi connectivity index (χ2n) is 4.05. The van der Waals surface area contributed by atoms with Crippen molar-refractivity contribution in [3.8, 4) is 11.5 Å². The van der Waals surface area contributed by atoms with Gasteiger partial charge in [0.25, 0.3) is 0 Å². The number of halogens is 1. The number of aryl methyl sites for hydroxylation is 1. The van der Waals surface area contributed by atoms with Crippen LogP contribution >= 0.6 is 0 Å². The Hall–Kier alpha value is -2.03. The Morgan fingerprint density at radius 3 is 2.61 bits per heavy atom. The smallest absolute Gasteiger partial charge is 0.129 e. The molecule has 0 N–H and O–H groups in total. The minimum absolute atomic E-state index is 0.252. The molecule has 0 unspecified atom stereocenters. The minimum atomic E-state index is -0.252. The summed E-state index contributed by atoms with van der Waals surface area (Å²) in [4.78, 5) is 0. The molecule has 0 aromatic heterocycles. The molecule has 0 saturated carbocycles. The minimum Gasteiger partial charge on any atom is -0.497 e. The molecule has 0 aliphatic carbocycles. The Bertz CT molecular complexity index is 538. The van der Waals surface area contributed by atoms with Crippen molar-refractivity contribution >= 4 is 0 Å². The molecule has 0 fully saturated rings. The molecule has 0 spiro atoms. The zero-order valence-corrected chi connectivity index (χ0v) is 10.4. The third-order valence-corrected chi connectivity index (χ3v) is 2.68. The topological polar surface area (TPSA) is 18.5 Å². The van der Waals surface area contributed by atoms with Gasteiger partial charge in [0.2, 0.25) is 0 Å². The highest BCUT2D eigenvalue weighted by atomic mass is 19.1. The van der Waals surface area contributed by atoms with Crippen LogP contribution in [0.5, 0.6) is 11.5 Å². The second-order valence-corrected chi connectivity index (χ2v) is 4.05. The Kier molecular flexibility index (Phi) is 3.82. The van der Waals surface area contributed by atoms with Crippen molar-refractivity contribution in [1.29, 1.82) is 0 Å². The van der Waals surface area contributed by atoms with Crippen molar-refractivity contribution in [2.75, 3.05) is 7.11 Å². The van der Waals surface area contributed by atoms with Crippen LogP contribution in [0.25, 0.3) is 0 Å². The van der Waals surface area contributed by atoms with Gasteiger partial charge in [0.15, 0.2) is 0 Å². The van der Waals surface area contributed by atoms with Crippen molar-refractivity contribution in [2.24, 2.45) is 0 Å². The van der Waals surface area contributed by atoms with Gasteiger partial charge in [-0.3, -0.25) is 0 Å². The molecule has 2 aromatic carbocycles. The first-order chi connectivity index (χ1) is 8.69. The van der Waals surface area contributed by atoms with Crippen molar-refractivity contribution in [1.82, 2.24) is 0 Å². The fraction of sp³-hybridized carbons (Fsp3) is 0.200. The van der Waals surface area contributed by atoms with Crippen LogP contribution in [0.15, 0.2) is 42.5 Å². The van der Waals surface area contributed by atoms with Crippen LogP contribution in [-0.2, 0) is 6.61 Å². The summed E-state index contributed by atoms with van der Waals surface area (Å²) in [5.41, 5.74) is 1.60. The Labute approximate surface area is 106 Å². The molecule has 18 heavy (non-hydrogen) atoms. The molecule has 0 radical (unpaired) electrons. The van der Waals surface area contributed by atoms with E-state index in [1.165, 1.54) is 6.07 Å². The lowest BCUT2D eigenvalue weighted by atomic mass is 10.2. The van der Waals surface area contributed by atoms with Gasteiger partial charge in [-0.25, -0.2) is 4.39 Å². The number of hydrogen-bond acceptors (Lipinski definition) is 2. The van der Waals surface area contributed by atoms with E-state index in [0.717, 1.165) is 11.3 Å². The summed E-state index contributed by atoms with van der Waals surface area (Å²) < 4.78 is 24.0. The zero-order valence-electron chi connectivity index (χ0n) is 10.4. The normalized spacial score (nSPS) is 10.2. The van der Waals surface area contributed by atoms with Gasteiger partial charge in [0.1, 0.15) is 23.9 Å². The van der Waals surface area contributed by atoms with Crippen LogP contribution in [0.2, 0.25) is 0 Å². The van der Waals surface area contributed by atoms with Gasteiger partial charge < -0.3 is 9.47 Å². The molecule has 0 aliphatic heterocycles. The van der Waals surface area contributed by atoms with Crippen LogP contribution in [0.4, 0.5) is 4.39 Å². The highest BCUT2D eigenvalue weighted by Gasteiger charge is 2.01. The molecular weight excluding hydrogens is 231 g/mol. The van der Waals surface area contributed by atoms with Gasteiger partial charge in [0.05, 0.1) is 7.11 Å². The number of benzene rings is 2. The van der Waals surface area contributed by atoms with Crippen LogP contribution in [0.1, 0.15) is 11.1 Å². The Morgan fingerprint density at radius 2 is 1.89 bits per heavy atom. The van der Waals surface area contributed by atoms with E-state index >= 15 is 0 Å². The fourth-order valence-corrected chi connectivity index (χ4v) is 1.59. The standard InChI is InChI=1S/C15H15FO2/c1-11-6-7-14(9-15(11)16)18-10-12-4-3-5-13(8-12)17-2/h3-9H,10H2,1-2H3. The quantitative estimate of drug-likeness (QED) is 0.818. The highest BCUT2D eigenvalue weighted by molar-refractivity contribution is 5.30. The SMILES string of the molecule is COc1cccc(COc2ccc(C)c(F)c2)c1. The second kappa shape index (κ2) is 5.54. The fourth-order valence-electron chi connectivity index (χ4n) is 1.59. The van der Waals surface area contributed by atoms with Crippen LogP contribution in [0, 0.1) is 12.7 Å². The molecule has 0 heterocycles. The summed E-state index contributed by atoms with van der Waals surface area (Å²) >= 11 is 0. The molecule has 0 saturated heterocycles. The predicted molar refractivity (Wildman–Crippen MR) is 68.5 cm³/mol. The Balaban J connectivity index is 2.04. The molecule has 2 nitrogen and oxygen atoms in total. The van der Waals surface area contributed by atoms with Crippen molar-refractivity contribution in [2.45, 2.75) is 13.5 Å². The average molecular weight is 246 g/mol. The lowest BCUT2D eigenvalue weighted by Crippen LogP contribution is -1.96. The van der Waals surface area contributed by atoms with Gasteiger partial charge in [0, 0.05) is 6.07 Å². The monoisotopic (exact) mass is 246 g/mol. The molecule has 2 rings (SSSR count). The number of ether oxygens (including phenoxy) is 2. The van der Waals surface area contributed by atoms with Crippen LogP contribution < -0.4 is 9.47 Å². The average Bonchev–Trinajstić information content (AvgIpc) is 2.40. The largest absolute Gasteiger partial charge is 0.497 e. The molecule has 94 valence electrons. The van der Waals surface area contributed by atoms with E-state index < -0.39 is 0 Å². The lowest BCUT2D eigenvalue weighted by Gasteiger charge is -2.08. The highest BCUT2D eigenvalue weighted by Crippen LogP contribution is 2.18. The molecule has 0 atom stereocenters. The van der Waals surface area contributed by atoms with E-state index in [2.05, 4.69) is 0 Å². The zero-order chi connectivity index (χ0) is 13.0. The summed E-state index contributed by atoms with van der Waals surface area (Å²) in [7, 11) is 1.62. The molecule has 3 heteroatoms. The third-order valence-electron chi connectivity index (χ3n) is 2.68. The predicted octanol–water partition coefficient (Wildman–Crippen LogP) is 3.72. The summed E-state index contributed by atoms with van der Waals surface area (Å²) in [6.07, 6.45) is 0. The van der Waals surface area contributed by atoms with E-state index in [0.29, 0.717) is 17.9 Å². The summed E-state index contributed by atoms with van der Waals surface area (Å²) in [6.45, 7) is 2.11. The first-order valence-electron chi connectivity index (χ1n) is 5.71. The first-order valence-corrected chi connectivity index (χ1v) is 5.71. The number of rotatable bonds is 4. The lowest BCUT2D eigenvalue weighted by molar-refractivity contribution is 0.303. The summed E-state index contributed by atoms with van der Waals surface area (Å²) in [5, 5.41) is 0. The third kappa shape index (κ3) is 3.00.